The summed E-state index contributed by atoms with van der Waals surface area (Å²) in [6.07, 6.45) is 0.795. The molecule has 3 rings (SSSR count). The highest BCUT2D eigenvalue weighted by Gasteiger charge is 2.19. The van der Waals surface area contributed by atoms with Crippen LogP contribution in [0.15, 0.2) is 29.1 Å². The van der Waals surface area contributed by atoms with E-state index in [1.807, 2.05) is 32.0 Å². The maximum atomic E-state index is 12.6. The van der Waals surface area contributed by atoms with Gasteiger partial charge in [0.15, 0.2) is 0 Å². The number of aryl methyl sites for hydroxylation is 2. The van der Waals surface area contributed by atoms with Crippen LogP contribution in [0.25, 0.3) is 5.69 Å². The van der Waals surface area contributed by atoms with Crippen molar-refractivity contribution in [1.29, 1.82) is 5.26 Å². The van der Waals surface area contributed by atoms with Crippen LogP contribution in [0.1, 0.15) is 27.9 Å². The van der Waals surface area contributed by atoms with Gasteiger partial charge in [-0.1, -0.05) is 17.7 Å². The Balaban J connectivity index is 2.35. The Morgan fingerprint density at radius 1 is 1.29 bits per heavy atom. The number of fused-ring (bicyclic) bond motifs is 1. The van der Waals surface area contributed by atoms with E-state index in [-0.39, 0.29) is 11.1 Å². The Bertz CT molecular complexity index is 812. The van der Waals surface area contributed by atoms with Crippen LogP contribution < -0.4 is 10.9 Å². The van der Waals surface area contributed by atoms with Crippen molar-refractivity contribution >= 4 is 0 Å². The van der Waals surface area contributed by atoms with Crippen LogP contribution >= 0.6 is 0 Å². The molecule has 0 saturated heterocycles. The Hall–Kier alpha value is -2.38. The molecule has 1 N–H and O–H groups in total. The van der Waals surface area contributed by atoms with Crippen LogP contribution in [0.5, 0.6) is 0 Å². The van der Waals surface area contributed by atoms with Crippen molar-refractivity contribution in [3.05, 3.63) is 62.6 Å². The van der Waals surface area contributed by atoms with E-state index in [2.05, 4.69) is 11.4 Å². The van der Waals surface area contributed by atoms with Gasteiger partial charge in [-0.3, -0.25) is 9.36 Å². The summed E-state index contributed by atoms with van der Waals surface area (Å²) >= 11 is 0. The van der Waals surface area contributed by atoms with Gasteiger partial charge in [-0.15, -0.1) is 0 Å². The fourth-order valence-corrected chi connectivity index (χ4v) is 2.95. The van der Waals surface area contributed by atoms with Gasteiger partial charge >= 0.3 is 0 Å². The normalized spacial score (nSPS) is 13.6. The highest BCUT2D eigenvalue weighted by Crippen LogP contribution is 2.21. The predicted octanol–water partition coefficient (Wildman–Crippen LogP) is 1.97. The molecule has 2 heterocycles. The number of hydrogen-bond acceptors (Lipinski definition) is 3. The van der Waals surface area contributed by atoms with E-state index in [0.29, 0.717) is 6.54 Å². The molecular formula is C17H17N3O. The van der Waals surface area contributed by atoms with Crippen molar-refractivity contribution in [2.45, 2.75) is 26.8 Å². The Labute approximate surface area is 123 Å². The maximum absolute atomic E-state index is 12.6. The first-order valence-electron chi connectivity index (χ1n) is 7.08. The number of nitrogens with zero attached hydrogens (tertiary/aromatic N) is 2. The quantitative estimate of drug-likeness (QED) is 0.868. The van der Waals surface area contributed by atoms with Gasteiger partial charge in [0.1, 0.15) is 11.6 Å². The van der Waals surface area contributed by atoms with Crippen molar-refractivity contribution in [1.82, 2.24) is 9.88 Å². The van der Waals surface area contributed by atoms with Crippen molar-refractivity contribution in [2.24, 2.45) is 0 Å². The Morgan fingerprint density at radius 2 is 2.10 bits per heavy atom. The molecule has 0 bridgehead atoms. The van der Waals surface area contributed by atoms with E-state index in [0.717, 1.165) is 41.0 Å². The van der Waals surface area contributed by atoms with Gasteiger partial charge in [0, 0.05) is 25.2 Å². The minimum absolute atomic E-state index is 0.206. The number of aromatic nitrogens is 1. The van der Waals surface area contributed by atoms with E-state index < -0.39 is 0 Å². The predicted molar refractivity (Wildman–Crippen MR) is 81.6 cm³/mol. The lowest BCUT2D eigenvalue weighted by atomic mass is 10.0. The van der Waals surface area contributed by atoms with Crippen molar-refractivity contribution in [2.75, 3.05) is 6.54 Å². The number of hydrogen-bond donors (Lipinski definition) is 1. The average molecular weight is 279 g/mol. The van der Waals surface area contributed by atoms with Gasteiger partial charge in [-0.25, -0.2) is 0 Å². The van der Waals surface area contributed by atoms with E-state index in [1.165, 1.54) is 0 Å². The molecule has 1 aliphatic heterocycles. The van der Waals surface area contributed by atoms with Crippen LogP contribution in [0, 0.1) is 25.2 Å². The molecule has 106 valence electrons. The largest absolute Gasteiger partial charge is 0.312 e. The van der Waals surface area contributed by atoms with Gasteiger partial charge in [-0.2, -0.15) is 5.26 Å². The third kappa shape index (κ3) is 2.26. The smallest absolute Gasteiger partial charge is 0.273 e. The Kier molecular flexibility index (Phi) is 3.36. The summed E-state index contributed by atoms with van der Waals surface area (Å²) in [5.74, 6) is 0. The summed E-state index contributed by atoms with van der Waals surface area (Å²) in [6.45, 7) is 5.59. The minimum atomic E-state index is -0.217. The molecule has 1 aromatic carbocycles. The van der Waals surface area contributed by atoms with E-state index in [9.17, 15) is 10.1 Å². The monoisotopic (exact) mass is 279 g/mol. The fraction of sp³-hybridized carbons (Fsp3) is 0.294. The highest BCUT2D eigenvalue weighted by atomic mass is 16.1. The fourth-order valence-electron chi connectivity index (χ4n) is 2.95. The summed E-state index contributed by atoms with van der Waals surface area (Å²) in [5, 5.41) is 12.5. The highest BCUT2D eigenvalue weighted by molar-refractivity contribution is 5.48. The Morgan fingerprint density at radius 3 is 2.81 bits per heavy atom. The number of rotatable bonds is 1. The van der Waals surface area contributed by atoms with Crippen molar-refractivity contribution in [3.63, 3.8) is 0 Å². The zero-order valence-electron chi connectivity index (χ0n) is 12.2. The average Bonchev–Trinajstić information content (AvgIpc) is 2.48. The molecule has 0 amide bonds. The summed E-state index contributed by atoms with van der Waals surface area (Å²) in [5.41, 5.74) is 5.13. The van der Waals surface area contributed by atoms with Gasteiger partial charge in [-0.05, 0) is 37.1 Å². The minimum Gasteiger partial charge on any atom is -0.312 e. The van der Waals surface area contributed by atoms with Crippen LogP contribution in [-0.4, -0.2) is 11.1 Å². The molecule has 0 fully saturated rings. The first kappa shape index (κ1) is 13.6. The van der Waals surface area contributed by atoms with E-state index in [4.69, 9.17) is 0 Å². The van der Waals surface area contributed by atoms with Crippen LogP contribution in [-0.2, 0) is 13.0 Å². The molecule has 21 heavy (non-hydrogen) atoms. The number of nitrogens with one attached hydrogen (secondary N) is 1. The van der Waals surface area contributed by atoms with E-state index >= 15 is 0 Å². The second-order valence-electron chi connectivity index (χ2n) is 5.50. The van der Waals surface area contributed by atoms with Gasteiger partial charge < -0.3 is 5.32 Å². The van der Waals surface area contributed by atoms with Gasteiger partial charge in [0.2, 0.25) is 0 Å². The topological polar surface area (TPSA) is 57.8 Å². The molecule has 1 aromatic heterocycles. The molecule has 0 aliphatic carbocycles. The SMILES string of the molecule is Cc1ccc(-n2c3c(cc(C#N)c2=O)CNCC3)c(C)c1. The van der Waals surface area contributed by atoms with Crippen LogP contribution in [0.3, 0.4) is 0 Å². The zero-order valence-corrected chi connectivity index (χ0v) is 12.2. The summed E-state index contributed by atoms with van der Waals surface area (Å²) in [7, 11) is 0. The van der Waals surface area contributed by atoms with E-state index in [1.54, 1.807) is 10.6 Å². The molecule has 4 nitrogen and oxygen atoms in total. The second-order valence-corrected chi connectivity index (χ2v) is 5.50. The lowest BCUT2D eigenvalue weighted by Gasteiger charge is -2.23. The number of pyridine rings is 1. The molecule has 2 aromatic rings. The van der Waals surface area contributed by atoms with Crippen molar-refractivity contribution < 1.29 is 0 Å². The molecule has 0 unspecified atom stereocenters. The summed E-state index contributed by atoms with van der Waals surface area (Å²) in [6, 6.07) is 9.78. The summed E-state index contributed by atoms with van der Waals surface area (Å²) in [4.78, 5) is 12.6. The third-order valence-corrected chi connectivity index (χ3v) is 3.96. The van der Waals surface area contributed by atoms with Gasteiger partial charge in [0.25, 0.3) is 5.56 Å². The number of benzene rings is 1. The summed E-state index contributed by atoms with van der Waals surface area (Å²) < 4.78 is 1.73. The first-order chi connectivity index (χ1) is 10.1. The second kappa shape index (κ2) is 5.19. The van der Waals surface area contributed by atoms with Gasteiger partial charge in [0.05, 0.1) is 5.69 Å². The molecule has 0 radical (unpaired) electrons. The number of nitriles is 1. The molecule has 1 aliphatic rings. The molecule has 0 spiro atoms. The zero-order chi connectivity index (χ0) is 15.0. The molecule has 0 atom stereocenters. The van der Waals surface area contributed by atoms with Crippen LogP contribution in [0.2, 0.25) is 0 Å². The van der Waals surface area contributed by atoms with Crippen LogP contribution in [0.4, 0.5) is 0 Å². The lowest BCUT2D eigenvalue weighted by Crippen LogP contribution is -2.33. The maximum Gasteiger partial charge on any atom is 0.273 e. The molecule has 4 heteroatoms. The molecular weight excluding hydrogens is 262 g/mol. The lowest BCUT2D eigenvalue weighted by molar-refractivity contribution is 0.612. The third-order valence-electron chi connectivity index (χ3n) is 3.96. The van der Waals surface area contributed by atoms with Crippen molar-refractivity contribution in [3.8, 4) is 11.8 Å². The first-order valence-corrected chi connectivity index (χ1v) is 7.08. The standard InChI is InChI=1S/C17H17N3O/c1-11-3-4-15(12(2)7-11)20-16-5-6-19-10-14(16)8-13(9-18)17(20)21/h3-4,7-8,19H,5-6,10H2,1-2H3. The molecule has 0 saturated carbocycles.